The predicted molar refractivity (Wildman–Crippen MR) is 137 cm³/mol. The first-order valence-electron chi connectivity index (χ1n) is 12.6. The molecule has 208 valence electrons. The molecule has 0 saturated heterocycles. The lowest BCUT2D eigenvalue weighted by molar-refractivity contribution is -0.159. The van der Waals surface area contributed by atoms with Gasteiger partial charge in [-0.1, -0.05) is 0 Å². The number of methoxy groups -OCH3 is 3. The molecule has 1 aromatic heterocycles. The summed E-state index contributed by atoms with van der Waals surface area (Å²) in [6, 6.07) is 5.34. The summed E-state index contributed by atoms with van der Waals surface area (Å²) in [5.74, 6) is -1.47. The number of aromatic nitrogens is 2. The minimum Gasteiger partial charge on any atom is -0.493 e. The number of ketones is 1. The average Bonchev–Trinajstić information content (AvgIpc) is 2.94. The summed E-state index contributed by atoms with van der Waals surface area (Å²) in [7, 11) is 4.56. The molecular weight excluding hydrogens is 510 g/mol. The van der Waals surface area contributed by atoms with Crippen molar-refractivity contribution in [2.24, 2.45) is 4.99 Å². The van der Waals surface area contributed by atoms with Crippen LogP contribution in [-0.2, 0) is 19.1 Å². The van der Waals surface area contributed by atoms with Crippen LogP contribution < -0.4 is 18.9 Å². The van der Waals surface area contributed by atoms with Crippen molar-refractivity contribution in [2.45, 2.75) is 57.1 Å². The second-order valence-electron chi connectivity index (χ2n) is 9.14. The summed E-state index contributed by atoms with van der Waals surface area (Å²) < 4.78 is 27.8. The Hall–Kier alpha value is -4.22. The Kier molecular flexibility index (Phi) is 8.62. The molecule has 1 N–H and O–H groups in total. The van der Waals surface area contributed by atoms with E-state index in [4.69, 9.17) is 33.8 Å². The molecule has 1 saturated carbocycles. The Morgan fingerprint density at radius 3 is 2.41 bits per heavy atom. The predicted octanol–water partition coefficient (Wildman–Crippen LogP) is 2.73. The van der Waals surface area contributed by atoms with E-state index in [0.717, 1.165) is 11.1 Å². The molecular formula is C27H31N3O9. The van der Waals surface area contributed by atoms with Crippen LogP contribution in [0.15, 0.2) is 23.2 Å². The number of esters is 1. The van der Waals surface area contributed by atoms with Gasteiger partial charge in [0.2, 0.25) is 17.5 Å². The van der Waals surface area contributed by atoms with E-state index in [0.29, 0.717) is 54.5 Å². The zero-order valence-corrected chi connectivity index (χ0v) is 22.3. The van der Waals surface area contributed by atoms with Crippen molar-refractivity contribution >= 4 is 23.4 Å². The molecule has 0 radical (unpaired) electrons. The van der Waals surface area contributed by atoms with Gasteiger partial charge in [0, 0.05) is 24.0 Å². The zero-order chi connectivity index (χ0) is 28.1. The number of carboxylic acids is 1. The van der Waals surface area contributed by atoms with Gasteiger partial charge in [-0.05, 0) is 43.9 Å². The highest BCUT2D eigenvalue weighted by molar-refractivity contribution is 6.33. The molecule has 1 fully saturated rings. The average molecular weight is 542 g/mol. The second kappa shape index (κ2) is 12.1. The largest absolute Gasteiger partial charge is 0.493 e. The quantitative estimate of drug-likeness (QED) is 0.330. The van der Waals surface area contributed by atoms with Crippen molar-refractivity contribution in [1.29, 1.82) is 0 Å². The molecule has 2 aromatic rings. The van der Waals surface area contributed by atoms with E-state index >= 15 is 0 Å². The van der Waals surface area contributed by atoms with Crippen molar-refractivity contribution in [2.75, 3.05) is 27.9 Å². The second-order valence-corrected chi connectivity index (χ2v) is 9.14. The maximum atomic E-state index is 12.4. The Balaban J connectivity index is 1.72. The number of aliphatic imine (C=N–C) groups is 1. The van der Waals surface area contributed by atoms with E-state index in [-0.39, 0.29) is 17.8 Å². The van der Waals surface area contributed by atoms with E-state index in [2.05, 4.69) is 10.2 Å². The van der Waals surface area contributed by atoms with Gasteiger partial charge in [0.25, 0.3) is 0 Å². The number of hydrogen-bond donors (Lipinski definition) is 1. The van der Waals surface area contributed by atoms with Crippen LogP contribution in [0.25, 0.3) is 0 Å². The van der Waals surface area contributed by atoms with E-state index in [1.54, 1.807) is 13.2 Å². The number of carbonyl (C=O) groups excluding carboxylic acids is 2. The lowest BCUT2D eigenvalue weighted by atomic mass is 9.74. The number of Topliss-reactive ketones (excluding diaryl/α,β-unsaturated/α-hetero) is 1. The van der Waals surface area contributed by atoms with Crippen molar-refractivity contribution < 1.29 is 43.2 Å². The molecule has 2 aliphatic rings. The lowest BCUT2D eigenvalue weighted by Gasteiger charge is -2.38. The minimum atomic E-state index is -1.15. The van der Waals surface area contributed by atoms with Gasteiger partial charge in [-0.25, -0.2) is 4.79 Å². The summed E-state index contributed by atoms with van der Waals surface area (Å²) >= 11 is 0. The molecule has 1 aliphatic carbocycles. The van der Waals surface area contributed by atoms with Crippen LogP contribution in [0, 0.1) is 0 Å². The smallest absolute Gasteiger partial charge is 0.374 e. The van der Waals surface area contributed by atoms with Crippen molar-refractivity contribution in [3.63, 3.8) is 0 Å². The summed E-state index contributed by atoms with van der Waals surface area (Å²) in [4.78, 5) is 40.3. The third kappa shape index (κ3) is 5.94. The molecule has 1 aliphatic heterocycles. The monoisotopic (exact) mass is 541 g/mol. The number of nitrogens with zero attached hydrogens (tertiary/aromatic N) is 3. The summed E-state index contributed by atoms with van der Waals surface area (Å²) in [5, 5.41) is 16.9. The molecule has 12 nitrogen and oxygen atoms in total. The van der Waals surface area contributed by atoms with Gasteiger partial charge in [-0.3, -0.25) is 14.6 Å². The molecule has 0 unspecified atom stereocenters. The van der Waals surface area contributed by atoms with Crippen molar-refractivity contribution in [3.8, 4) is 23.3 Å². The number of fused-ring (bicyclic) bond motifs is 3. The fourth-order valence-corrected chi connectivity index (χ4v) is 5.00. The molecule has 0 spiro atoms. The molecule has 12 heteroatoms. The van der Waals surface area contributed by atoms with E-state index in [1.165, 1.54) is 14.2 Å². The third-order valence-corrected chi connectivity index (χ3v) is 6.81. The Morgan fingerprint density at radius 2 is 1.74 bits per heavy atom. The summed E-state index contributed by atoms with van der Waals surface area (Å²) in [6.45, 7) is 2.31. The number of carboxylic acid groups (broad SMARTS) is 1. The van der Waals surface area contributed by atoms with Crippen LogP contribution in [0.5, 0.6) is 23.3 Å². The first-order valence-corrected chi connectivity index (χ1v) is 12.6. The van der Waals surface area contributed by atoms with Crippen LogP contribution in [0.2, 0.25) is 0 Å². The van der Waals surface area contributed by atoms with Crippen LogP contribution in [0.1, 0.15) is 61.6 Å². The Morgan fingerprint density at radius 1 is 0.949 bits per heavy atom. The minimum absolute atomic E-state index is 0.141. The summed E-state index contributed by atoms with van der Waals surface area (Å²) in [6.07, 6.45) is 0.171. The number of aliphatic carboxylic acids is 1. The molecule has 0 bridgehead atoms. The Bertz CT molecular complexity index is 1290. The molecule has 2 heterocycles. The van der Waals surface area contributed by atoms with Crippen LogP contribution in [0.4, 0.5) is 0 Å². The highest BCUT2D eigenvalue weighted by Gasteiger charge is 2.40. The van der Waals surface area contributed by atoms with Gasteiger partial charge in [0.15, 0.2) is 11.5 Å². The van der Waals surface area contributed by atoms with Crippen molar-refractivity contribution in [1.82, 2.24) is 10.2 Å². The number of carbonyl (C=O) groups is 3. The van der Waals surface area contributed by atoms with Gasteiger partial charge in [0.1, 0.15) is 6.10 Å². The van der Waals surface area contributed by atoms with Gasteiger partial charge in [-0.15, -0.1) is 10.2 Å². The highest BCUT2D eigenvalue weighted by atomic mass is 16.5. The fourth-order valence-electron chi connectivity index (χ4n) is 5.00. The highest BCUT2D eigenvalue weighted by Crippen LogP contribution is 2.46. The van der Waals surface area contributed by atoms with Gasteiger partial charge >= 0.3 is 11.9 Å². The fraction of sp³-hybridized carbons (Fsp3) is 0.481. The first kappa shape index (κ1) is 27.8. The standard InChI is InChI=1S/C27H31N3O9/c1-5-38-22-11-15-16-10-14(39-27(34)20(31)8-9-24(32)33)6-7-19(16)28-25(17(15)12-21(22)35-2)18-13-23(36-3)29-30-26(18)37-4/h11-14,16,19H,5-10H2,1-4H3,(H,32,33)/t14-,16-,19-/m1/s1. The number of benzene rings is 1. The SMILES string of the molecule is CCOc1cc2c(cc1OC)C(c1cc(OC)nnc1OC)=N[C@@H]1CC[C@@H](OC(=O)C(=O)CCC(=O)O)C[C@H]21. The Labute approximate surface area is 225 Å². The van der Waals surface area contributed by atoms with Gasteiger partial charge in [-0.2, -0.15) is 0 Å². The number of hydrogen-bond acceptors (Lipinski definition) is 11. The maximum absolute atomic E-state index is 12.4. The number of ether oxygens (including phenoxy) is 5. The summed E-state index contributed by atoms with van der Waals surface area (Å²) in [5.41, 5.74) is 2.93. The van der Waals surface area contributed by atoms with E-state index in [9.17, 15) is 14.4 Å². The third-order valence-electron chi connectivity index (χ3n) is 6.81. The van der Waals surface area contributed by atoms with Crippen LogP contribution >= 0.6 is 0 Å². The maximum Gasteiger partial charge on any atom is 0.374 e. The lowest BCUT2D eigenvalue weighted by Crippen LogP contribution is -2.37. The first-order chi connectivity index (χ1) is 18.8. The normalized spacial score (nSPS) is 19.6. The molecule has 3 atom stereocenters. The molecule has 0 amide bonds. The number of rotatable bonds is 11. The molecule has 1 aromatic carbocycles. The van der Waals surface area contributed by atoms with Crippen molar-refractivity contribution in [3.05, 3.63) is 34.9 Å². The molecule has 4 rings (SSSR count). The van der Waals surface area contributed by atoms with Crippen LogP contribution in [0.3, 0.4) is 0 Å². The zero-order valence-electron chi connectivity index (χ0n) is 22.3. The molecule has 39 heavy (non-hydrogen) atoms. The topological polar surface area (TPSA) is 156 Å². The van der Waals surface area contributed by atoms with E-state index < -0.39 is 36.7 Å². The van der Waals surface area contributed by atoms with Gasteiger partial charge in [0.05, 0.1) is 51.7 Å². The van der Waals surface area contributed by atoms with E-state index in [1.807, 2.05) is 19.1 Å². The van der Waals surface area contributed by atoms with Crippen LogP contribution in [-0.4, -0.2) is 78.8 Å². The van der Waals surface area contributed by atoms with Gasteiger partial charge < -0.3 is 28.8 Å².